The van der Waals surface area contributed by atoms with Crippen molar-refractivity contribution in [3.8, 4) is 5.69 Å². The fraction of sp³-hybridized carbons (Fsp3) is 0.444. The van der Waals surface area contributed by atoms with E-state index in [-0.39, 0.29) is 11.0 Å². The molecular weight excluding hydrogens is 290 g/mol. The lowest BCUT2D eigenvalue weighted by Gasteiger charge is -2.29. The molecule has 2 rings (SSSR count). The van der Waals surface area contributed by atoms with Crippen molar-refractivity contribution in [2.24, 2.45) is 0 Å². The Kier molecular flexibility index (Phi) is 4.24. The van der Waals surface area contributed by atoms with Gasteiger partial charge >= 0.3 is 0 Å². The van der Waals surface area contributed by atoms with Crippen LogP contribution in [0.1, 0.15) is 47.2 Å². The quantitative estimate of drug-likeness (QED) is 0.884. The van der Waals surface area contributed by atoms with Gasteiger partial charge in [0.15, 0.2) is 0 Å². The van der Waals surface area contributed by atoms with Gasteiger partial charge in [-0.15, -0.1) is 0 Å². The Hall–Kier alpha value is -2.30. The average Bonchev–Trinajstić information content (AvgIpc) is 2.73. The van der Waals surface area contributed by atoms with E-state index in [1.54, 1.807) is 4.68 Å². The Balaban J connectivity index is 2.99. The molecule has 1 amide bonds. The molecule has 0 saturated heterocycles. The van der Waals surface area contributed by atoms with Gasteiger partial charge in [-0.05, 0) is 32.9 Å². The highest BCUT2D eigenvalue weighted by Gasteiger charge is 2.33. The Morgan fingerprint density at radius 3 is 2.00 bits per heavy atom. The Morgan fingerprint density at radius 1 is 1.00 bits per heavy atom. The average molecular weight is 315 g/mol. The van der Waals surface area contributed by atoms with Crippen LogP contribution >= 0.6 is 0 Å². The Bertz CT molecular complexity index is 757. The Morgan fingerprint density at radius 2 is 1.57 bits per heavy atom. The molecule has 1 N–H and O–H groups in total. The van der Waals surface area contributed by atoms with Crippen LogP contribution in [0.5, 0.6) is 0 Å². The predicted molar refractivity (Wildman–Crippen MR) is 93.4 cm³/mol. The molecule has 5 nitrogen and oxygen atoms in total. The molecule has 0 aliphatic rings. The van der Waals surface area contributed by atoms with E-state index in [0.29, 0.717) is 12.1 Å². The van der Waals surface area contributed by atoms with Crippen molar-refractivity contribution >= 4 is 12.1 Å². The van der Waals surface area contributed by atoms with E-state index in [1.165, 1.54) is 0 Å². The molecule has 0 aliphatic carbocycles. The van der Waals surface area contributed by atoms with Crippen LogP contribution in [0, 0.1) is 0 Å². The fourth-order valence-electron chi connectivity index (χ4n) is 2.80. The molecule has 2 aromatic rings. The molecular formula is C18H25N3O2. The number of hydrogen-bond donors (Lipinski definition) is 1. The van der Waals surface area contributed by atoms with Gasteiger partial charge in [-0.1, -0.05) is 39.0 Å². The van der Waals surface area contributed by atoms with Gasteiger partial charge in [-0.25, -0.2) is 4.68 Å². The molecule has 1 aromatic carbocycles. The number of benzene rings is 1. The molecule has 0 aliphatic heterocycles. The maximum absolute atomic E-state index is 13.0. The van der Waals surface area contributed by atoms with E-state index >= 15 is 0 Å². The van der Waals surface area contributed by atoms with E-state index in [0.717, 1.165) is 11.4 Å². The highest BCUT2D eigenvalue weighted by atomic mass is 16.1. The van der Waals surface area contributed by atoms with Crippen LogP contribution in [-0.2, 0) is 15.7 Å². The van der Waals surface area contributed by atoms with Crippen LogP contribution in [0.25, 0.3) is 5.69 Å². The minimum atomic E-state index is -0.435. The van der Waals surface area contributed by atoms with Crippen molar-refractivity contribution < 1.29 is 4.79 Å². The zero-order chi connectivity index (χ0) is 17.4. The minimum absolute atomic E-state index is 0.196. The topological polar surface area (TPSA) is 56.0 Å². The summed E-state index contributed by atoms with van der Waals surface area (Å²) in [6, 6.07) is 9.73. The highest BCUT2D eigenvalue weighted by molar-refractivity contribution is 5.73. The Labute approximate surface area is 136 Å². The third kappa shape index (κ3) is 3.09. The van der Waals surface area contributed by atoms with Crippen LogP contribution in [0.3, 0.4) is 0 Å². The number of carbonyl (C=O) groups excluding carboxylic acids is 1. The van der Waals surface area contributed by atoms with E-state index in [1.807, 2.05) is 76.6 Å². The zero-order valence-corrected chi connectivity index (χ0v) is 14.7. The summed E-state index contributed by atoms with van der Waals surface area (Å²) in [5, 5.41) is 2.62. The van der Waals surface area contributed by atoms with Crippen LogP contribution < -0.4 is 10.9 Å². The third-order valence-corrected chi connectivity index (χ3v) is 3.60. The molecule has 0 radical (unpaired) electrons. The van der Waals surface area contributed by atoms with Crippen molar-refractivity contribution in [3.05, 3.63) is 46.4 Å². The summed E-state index contributed by atoms with van der Waals surface area (Å²) >= 11 is 0. The first-order valence-electron chi connectivity index (χ1n) is 7.73. The van der Waals surface area contributed by atoms with E-state index < -0.39 is 5.54 Å². The van der Waals surface area contributed by atoms with E-state index in [2.05, 4.69) is 5.32 Å². The summed E-state index contributed by atoms with van der Waals surface area (Å²) < 4.78 is 3.63. The molecule has 124 valence electrons. The van der Waals surface area contributed by atoms with Gasteiger partial charge in [-0.2, -0.15) is 0 Å². The molecule has 0 spiro atoms. The van der Waals surface area contributed by atoms with Crippen molar-refractivity contribution in [1.82, 2.24) is 9.36 Å². The lowest BCUT2D eigenvalue weighted by atomic mass is 9.91. The third-order valence-electron chi connectivity index (χ3n) is 3.60. The first kappa shape index (κ1) is 17.1. The fourth-order valence-corrected chi connectivity index (χ4v) is 2.80. The van der Waals surface area contributed by atoms with Crippen LogP contribution in [-0.4, -0.2) is 15.8 Å². The number of hydrogen-bond acceptors (Lipinski definition) is 2. The lowest BCUT2D eigenvalue weighted by Crippen LogP contribution is -2.37. The smallest absolute Gasteiger partial charge is 0.291 e. The van der Waals surface area contributed by atoms with Crippen LogP contribution in [0.15, 0.2) is 35.1 Å². The predicted octanol–water partition coefficient (Wildman–Crippen LogP) is 3.26. The molecule has 1 aromatic heterocycles. The number of carbonyl (C=O) groups is 1. The van der Waals surface area contributed by atoms with Gasteiger partial charge < -0.3 is 5.32 Å². The summed E-state index contributed by atoms with van der Waals surface area (Å²) in [6.45, 7) is 12.0. The summed E-state index contributed by atoms with van der Waals surface area (Å²) in [6.07, 6.45) is 0.564. The minimum Gasteiger partial charge on any atom is -0.323 e. The number of aromatic nitrogens is 2. The summed E-state index contributed by atoms with van der Waals surface area (Å²) in [4.78, 5) is 24.0. The van der Waals surface area contributed by atoms with Crippen molar-refractivity contribution in [2.45, 2.75) is 52.5 Å². The van der Waals surface area contributed by atoms with Gasteiger partial charge in [0, 0.05) is 5.41 Å². The second-order valence-corrected chi connectivity index (χ2v) is 7.67. The first-order chi connectivity index (χ1) is 10.6. The van der Waals surface area contributed by atoms with Crippen LogP contribution in [0.4, 0.5) is 5.69 Å². The molecule has 0 saturated carbocycles. The second kappa shape index (κ2) is 5.72. The lowest BCUT2D eigenvalue weighted by molar-refractivity contribution is -0.105. The molecule has 0 atom stereocenters. The maximum Gasteiger partial charge on any atom is 0.291 e. The molecule has 0 bridgehead atoms. The second-order valence-electron chi connectivity index (χ2n) is 7.67. The summed E-state index contributed by atoms with van der Waals surface area (Å²) in [7, 11) is 0. The van der Waals surface area contributed by atoms with Crippen LogP contribution in [0.2, 0.25) is 0 Å². The molecule has 0 unspecified atom stereocenters. The van der Waals surface area contributed by atoms with Crippen molar-refractivity contribution in [1.29, 1.82) is 0 Å². The largest absolute Gasteiger partial charge is 0.323 e. The van der Waals surface area contributed by atoms with Crippen molar-refractivity contribution in [2.75, 3.05) is 5.32 Å². The summed E-state index contributed by atoms with van der Waals surface area (Å²) in [5.74, 6) is 0. The monoisotopic (exact) mass is 315 g/mol. The normalized spacial score (nSPS) is 12.3. The zero-order valence-electron chi connectivity index (χ0n) is 14.7. The first-order valence-corrected chi connectivity index (χ1v) is 7.73. The molecule has 23 heavy (non-hydrogen) atoms. The molecule has 0 fully saturated rings. The molecule has 1 heterocycles. The highest BCUT2D eigenvalue weighted by Crippen LogP contribution is 2.32. The number of rotatable bonds is 3. The SMILES string of the molecule is CC(C)(C)c1c(NC=O)c(=O)n(C(C)(C)C)n1-c1ccccc1. The number of amides is 1. The van der Waals surface area contributed by atoms with E-state index in [4.69, 9.17) is 0 Å². The number of para-hydroxylation sites is 1. The standard InChI is InChI=1S/C18H25N3O2/c1-17(2,3)15-14(19-12-22)16(23)21(18(4,5)6)20(15)13-10-8-7-9-11-13/h7-12H,1-6H3,(H,19,22). The van der Waals surface area contributed by atoms with Crippen molar-refractivity contribution in [3.63, 3.8) is 0 Å². The number of nitrogens with zero attached hydrogens (tertiary/aromatic N) is 2. The van der Waals surface area contributed by atoms with Gasteiger partial charge in [0.1, 0.15) is 5.69 Å². The van der Waals surface area contributed by atoms with E-state index in [9.17, 15) is 9.59 Å². The van der Waals surface area contributed by atoms with Gasteiger partial charge in [0.05, 0.1) is 16.9 Å². The van der Waals surface area contributed by atoms with Gasteiger partial charge in [-0.3, -0.25) is 14.3 Å². The summed E-state index contributed by atoms with van der Waals surface area (Å²) in [5.41, 5.74) is 1.07. The van der Waals surface area contributed by atoms with Gasteiger partial charge in [0.25, 0.3) is 5.56 Å². The number of nitrogens with one attached hydrogen (secondary N) is 1. The maximum atomic E-state index is 13.0. The molecule has 5 heteroatoms. The number of anilines is 1. The van der Waals surface area contributed by atoms with Gasteiger partial charge in [0.2, 0.25) is 6.41 Å².